The van der Waals surface area contributed by atoms with Crippen LogP contribution in [-0.2, 0) is 0 Å². The Labute approximate surface area is 50.8 Å². The van der Waals surface area contributed by atoms with E-state index in [0.717, 1.165) is 4.58 Å². The van der Waals surface area contributed by atoms with Gasteiger partial charge in [0.15, 0.2) is 0 Å². The maximum absolute atomic E-state index is 11.5. The zero-order valence-corrected chi connectivity index (χ0v) is 5.16. The molecule has 0 unspecified atom stereocenters. The molecule has 0 radical (unpaired) electrons. The van der Waals surface area contributed by atoms with Gasteiger partial charge in [-0.2, -0.15) is 13.2 Å². The number of nitrogens with two attached hydrogens (primary N) is 1. The highest BCUT2D eigenvalue weighted by Crippen LogP contribution is 2.13. The number of halogens is 3. The van der Waals surface area contributed by atoms with E-state index in [1.165, 1.54) is 14.1 Å². The van der Waals surface area contributed by atoms with Crippen molar-refractivity contribution in [2.45, 2.75) is 6.18 Å². The Morgan fingerprint density at radius 1 is 1.33 bits per heavy atom. The van der Waals surface area contributed by atoms with Crippen molar-refractivity contribution in [3.05, 3.63) is 0 Å². The number of hydrogen-bond donors (Lipinski definition) is 1. The van der Waals surface area contributed by atoms with Crippen molar-refractivity contribution < 1.29 is 17.7 Å². The smallest absolute Gasteiger partial charge is 0.283 e. The molecule has 54 valence electrons. The van der Waals surface area contributed by atoms with Gasteiger partial charge >= 0.3 is 12.0 Å². The van der Waals surface area contributed by atoms with E-state index in [4.69, 9.17) is 0 Å². The first-order valence-electron chi connectivity index (χ1n) is 2.22. The first-order chi connectivity index (χ1) is 3.85. The summed E-state index contributed by atoms with van der Waals surface area (Å²) in [7, 11) is 2.48. The van der Waals surface area contributed by atoms with Crippen molar-refractivity contribution in [2.24, 2.45) is 5.73 Å². The number of nitrogens with zero attached hydrogens (tertiary/aromatic N) is 1. The summed E-state index contributed by atoms with van der Waals surface area (Å²) in [6.07, 6.45) is -4.40. The summed E-state index contributed by atoms with van der Waals surface area (Å²) in [5, 5.41) is 0. The lowest BCUT2D eigenvalue weighted by atomic mass is 10.6. The highest BCUT2D eigenvalue weighted by Gasteiger charge is 2.39. The van der Waals surface area contributed by atoms with Crippen LogP contribution in [-0.4, -0.2) is 30.7 Å². The molecule has 9 heavy (non-hydrogen) atoms. The van der Waals surface area contributed by atoms with Crippen molar-refractivity contribution >= 4 is 5.84 Å². The third kappa shape index (κ3) is 2.34. The normalized spacial score (nSPS) is 11.2. The van der Waals surface area contributed by atoms with Gasteiger partial charge in [-0.1, -0.05) is 0 Å². The van der Waals surface area contributed by atoms with Gasteiger partial charge in [0, 0.05) is 0 Å². The fourth-order valence-corrected chi connectivity index (χ4v) is 0.254. The molecular weight excluding hydrogens is 133 g/mol. The largest absolute Gasteiger partial charge is 0.493 e. The van der Waals surface area contributed by atoms with Crippen molar-refractivity contribution in [1.29, 1.82) is 0 Å². The summed E-state index contributed by atoms with van der Waals surface area (Å²) in [5.74, 6) is -1.08. The van der Waals surface area contributed by atoms with Gasteiger partial charge in [-0.15, -0.1) is 0 Å². The first-order valence-corrected chi connectivity index (χ1v) is 2.22. The number of amidine groups is 1. The van der Waals surface area contributed by atoms with Crippen LogP contribution in [0, 0.1) is 0 Å². The zero-order chi connectivity index (χ0) is 7.65. The molecule has 0 aromatic rings. The molecule has 0 saturated heterocycles. The molecule has 0 bridgehead atoms. The van der Waals surface area contributed by atoms with E-state index in [1.54, 1.807) is 0 Å². The fraction of sp³-hybridized carbons (Fsp3) is 0.750. The second-order valence-electron chi connectivity index (χ2n) is 1.78. The van der Waals surface area contributed by atoms with Gasteiger partial charge in [0.1, 0.15) is 0 Å². The van der Waals surface area contributed by atoms with E-state index in [1.807, 2.05) is 0 Å². The minimum atomic E-state index is -4.40. The molecule has 5 heteroatoms. The molecule has 0 fully saturated rings. The van der Waals surface area contributed by atoms with Crippen LogP contribution in [0.3, 0.4) is 0 Å². The van der Waals surface area contributed by atoms with Crippen LogP contribution < -0.4 is 5.73 Å². The van der Waals surface area contributed by atoms with Crippen LogP contribution in [0.4, 0.5) is 13.2 Å². The summed E-state index contributed by atoms with van der Waals surface area (Å²) in [6.45, 7) is 0. The number of rotatable bonds is 0. The fourth-order valence-electron chi connectivity index (χ4n) is 0.254. The highest BCUT2D eigenvalue weighted by atomic mass is 19.4. The summed E-state index contributed by atoms with van der Waals surface area (Å²) in [5.41, 5.74) is 4.61. The van der Waals surface area contributed by atoms with Gasteiger partial charge in [-0.3, -0.25) is 10.3 Å². The van der Waals surface area contributed by atoms with Gasteiger partial charge in [0.2, 0.25) is 0 Å². The van der Waals surface area contributed by atoms with E-state index >= 15 is 0 Å². The van der Waals surface area contributed by atoms with Crippen LogP contribution >= 0.6 is 0 Å². The molecule has 0 aliphatic heterocycles. The quantitative estimate of drug-likeness (QED) is 0.291. The van der Waals surface area contributed by atoms with Gasteiger partial charge in [-0.25, -0.2) is 0 Å². The molecule has 0 aromatic carbocycles. The monoisotopic (exact) mass is 141 g/mol. The molecule has 0 aliphatic carbocycles. The van der Waals surface area contributed by atoms with Gasteiger partial charge in [0.25, 0.3) is 0 Å². The number of hydrogen-bond acceptors (Lipinski definition) is 0. The second-order valence-corrected chi connectivity index (χ2v) is 1.78. The Morgan fingerprint density at radius 3 is 1.67 bits per heavy atom. The maximum Gasteiger partial charge on any atom is 0.493 e. The Hall–Kier alpha value is -0.740. The van der Waals surface area contributed by atoms with Crippen LogP contribution in [0.1, 0.15) is 0 Å². The minimum Gasteiger partial charge on any atom is -0.283 e. The summed E-state index contributed by atoms with van der Waals surface area (Å²) >= 11 is 0. The van der Waals surface area contributed by atoms with Gasteiger partial charge < -0.3 is 0 Å². The SMILES string of the molecule is C[N+](C)=C(N)C(F)(F)F. The minimum absolute atomic E-state index is 0.819. The molecule has 2 N–H and O–H groups in total. The van der Waals surface area contributed by atoms with E-state index in [-0.39, 0.29) is 0 Å². The van der Waals surface area contributed by atoms with E-state index in [0.29, 0.717) is 0 Å². The lowest BCUT2D eigenvalue weighted by Gasteiger charge is -2.01. The van der Waals surface area contributed by atoms with E-state index in [9.17, 15) is 13.2 Å². The maximum atomic E-state index is 11.5. The third-order valence-corrected chi connectivity index (χ3v) is 0.772. The molecule has 0 heterocycles. The molecular formula is C4H8F3N2+. The molecule has 0 saturated carbocycles. The lowest BCUT2D eigenvalue weighted by molar-refractivity contribution is -0.474. The zero-order valence-electron chi connectivity index (χ0n) is 5.16. The highest BCUT2D eigenvalue weighted by molar-refractivity contribution is 5.80. The average Bonchev–Trinajstić information content (AvgIpc) is 1.62. The third-order valence-electron chi connectivity index (χ3n) is 0.772. The van der Waals surface area contributed by atoms with Crippen LogP contribution in [0.15, 0.2) is 0 Å². The Morgan fingerprint density at radius 2 is 1.67 bits per heavy atom. The predicted octanol–water partition coefficient (Wildman–Crippen LogP) is 0.178. The van der Waals surface area contributed by atoms with Crippen LogP contribution in [0.2, 0.25) is 0 Å². The van der Waals surface area contributed by atoms with E-state index in [2.05, 4.69) is 5.73 Å². The molecule has 0 rings (SSSR count). The summed E-state index contributed by atoms with van der Waals surface area (Å²) in [6, 6.07) is 0. The summed E-state index contributed by atoms with van der Waals surface area (Å²) < 4.78 is 35.3. The van der Waals surface area contributed by atoms with E-state index < -0.39 is 12.0 Å². The Bertz CT molecular complexity index is 131. The summed E-state index contributed by atoms with van der Waals surface area (Å²) in [4.78, 5) is 0. The van der Waals surface area contributed by atoms with Crippen LogP contribution in [0.25, 0.3) is 0 Å². The Kier molecular flexibility index (Phi) is 2.06. The van der Waals surface area contributed by atoms with Crippen molar-refractivity contribution in [3.63, 3.8) is 0 Å². The molecule has 0 amide bonds. The molecule has 0 aromatic heterocycles. The second kappa shape index (κ2) is 2.24. The van der Waals surface area contributed by atoms with Crippen molar-refractivity contribution in [1.82, 2.24) is 0 Å². The molecule has 2 nitrogen and oxygen atoms in total. The topological polar surface area (TPSA) is 29.0 Å². The standard InChI is InChI=1S/C4H7F3N2/c1-9(2)3(8)4(5,6)7/h8H,1-2H3/p+1. The predicted molar refractivity (Wildman–Crippen MR) is 27.4 cm³/mol. The Balaban J connectivity index is 4.40. The first kappa shape index (κ1) is 8.26. The molecule has 0 spiro atoms. The van der Waals surface area contributed by atoms with Gasteiger partial charge in [-0.05, 0) is 0 Å². The molecule has 0 aliphatic rings. The number of alkyl halides is 3. The van der Waals surface area contributed by atoms with Gasteiger partial charge in [0.05, 0.1) is 14.1 Å². The van der Waals surface area contributed by atoms with Crippen molar-refractivity contribution in [2.75, 3.05) is 14.1 Å². The average molecular weight is 141 g/mol. The molecule has 0 atom stereocenters. The van der Waals surface area contributed by atoms with Crippen molar-refractivity contribution in [3.8, 4) is 0 Å². The lowest BCUT2D eigenvalue weighted by Crippen LogP contribution is -2.37. The van der Waals surface area contributed by atoms with Crippen LogP contribution in [0.5, 0.6) is 0 Å².